The summed E-state index contributed by atoms with van der Waals surface area (Å²) in [5.74, 6) is 0.964. The Bertz CT molecular complexity index is 1120. The molecule has 1 aliphatic heterocycles. The third-order valence-corrected chi connectivity index (χ3v) is 5.77. The summed E-state index contributed by atoms with van der Waals surface area (Å²) in [4.78, 5) is 19.1. The van der Waals surface area contributed by atoms with E-state index in [1.165, 1.54) is 28.3 Å². The molecule has 1 aliphatic carbocycles. The zero-order valence-electron chi connectivity index (χ0n) is 16.3. The fourth-order valence-electron chi connectivity index (χ4n) is 4.27. The summed E-state index contributed by atoms with van der Waals surface area (Å²) < 4.78 is 5.11. The van der Waals surface area contributed by atoms with E-state index in [1.54, 1.807) is 0 Å². The zero-order chi connectivity index (χ0) is 20.0. The van der Waals surface area contributed by atoms with Crippen molar-refractivity contribution in [2.75, 3.05) is 11.4 Å². The van der Waals surface area contributed by atoms with Crippen molar-refractivity contribution < 1.29 is 9.32 Å². The smallest absolute Gasteiger partial charge is 0.322 e. The minimum Gasteiger partial charge on any atom is -0.334 e. The number of urea groups is 1. The van der Waals surface area contributed by atoms with Gasteiger partial charge in [0.2, 0.25) is 11.7 Å². The van der Waals surface area contributed by atoms with E-state index >= 15 is 0 Å². The van der Waals surface area contributed by atoms with Crippen molar-refractivity contribution in [2.45, 2.75) is 32.2 Å². The fraction of sp³-hybridized carbons (Fsp3) is 0.261. The first-order valence-electron chi connectivity index (χ1n) is 9.89. The lowest BCUT2D eigenvalue weighted by atomic mass is 10.0. The Balaban J connectivity index is 1.34. The molecule has 1 atom stereocenters. The van der Waals surface area contributed by atoms with Crippen molar-refractivity contribution in [3.05, 3.63) is 71.1 Å². The molecule has 0 saturated heterocycles. The minimum absolute atomic E-state index is 0.0226. The molecule has 0 bridgehead atoms. The maximum Gasteiger partial charge on any atom is 0.322 e. The molecule has 5 rings (SSSR count). The molecule has 0 saturated carbocycles. The number of aromatic nitrogens is 2. The Labute approximate surface area is 169 Å². The van der Waals surface area contributed by atoms with Crippen LogP contribution in [-0.4, -0.2) is 22.7 Å². The Morgan fingerprint density at radius 1 is 1.24 bits per heavy atom. The number of anilines is 1. The third kappa shape index (κ3) is 3.10. The number of benzene rings is 2. The predicted molar refractivity (Wildman–Crippen MR) is 112 cm³/mol. The molecule has 6 heteroatoms. The summed E-state index contributed by atoms with van der Waals surface area (Å²) in [6.07, 6.45) is 4.25. The van der Waals surface area contributed by atoms with Crippen molar-refractivity contribution in [1.82, 2.24) is 15.5 Å². The first-order valence-corrected chi connectivity index (χ1v) is 9.89. The monoisotopic (exact) mass is 386 g/mol. The van der Waals surface area contributed by atoms with Gasteiger partial charge in [0.25, 0.3) is 0 Å². The minimum atomic E-state index is -0.0231. The number of fused-ring (bicyclic) bond motifs is 2. The van der Waals surface area contributed by atoms with Gasteiger partial charge in [-0.15, -0.1) is 0 Å². The molecule has 1 aromatic heterocycles. The summed E-state index contributed by atoms with van der Waals surface area (Å²) in [7, 11) is 0. The second-order valence-electron chi connectivity index (χ2n) is 7.65. The topological polar surface area (TPSA) is 71.3 Å². The maximum absolute atomic E-state index is 13.0. The molecule has 146 valence electrons. The summed E-state index contributed by atoms with van der Waals surface area (Å²) >= 11 is 0. The highest BCUT2D eigenvalue weighted by Crippen LogP contribution is 2.35. The van der Waals surface area contributed by atoms with Gasteiger partial charge in [0, 0.05) is 17.8 Å². The number of carbonyl (C=O) groups is 1. The lowest BCUT2D eigenvalue weighted by molar-refractivity contribution is 0.243. The van der Waals surface area contributed by atoms with Gasteiger partial charge in [-0.3, -0.25) is 4.90 Å². The van der Waals surface area contributed by atoms with Crippen molar-refractivity contribution in [3.63, 3.8) is 0 Å². The van der Waals surface area contributed by atoms with E-state index in [-0.39, 0.29) is 12.1 Å². The normalized spacial score (nSPS) is 17.1. The predicted octanol–water partition coefficient (Wildman–Crippen LogP) is 4.45. The van der Waals surface area contributed by atoms with Crippen LogP contribution in [0.3, 0.4) is 0 Å². The lowest BCUT2D eigenvalue weighted by Gasteiger charge is -2.22. The van der Waals surface area contributed by atoms with E-state index in [0.717, 1.165) is 37.1 Å². The van der Waals surface area contributed by atoms with Crippen molar-refractivity contribution in [1.29, 1.82) is 0 Å². The summed E-state index contributed by atoms with van der Waals surface area (Å²) in [5.41, 5.74) is 6.74. The van der Waals surface area contributed by atoms with Crippen LogP contribution in [0.25, 0.3) is 17.5 Å². The van der Waals surface area contributed by atoms with Crippen molar-refractivity contribution >= 4 is 17.8 Å². The number of aryl methyl sites for hydroxylation is 2. The molecule has 0 unspecified atom stereocenters. The Morgan fingerprint density at radius 2 is 2.14 bits per heavy atom. The Hall–Kier alpha value is -3.41. The van der Waals surface area contributed by atoms with Gasteiger partial charge in [0.1, 0.15) is 0 Å². The SMILES string of the molecule is C=Cc1nc(-c2ccc3c(c2)CC[C@H]3NC(=O)N2CCc3ccc(C)cc32)no1. The maximum atomic E-state index is 13.0. The highest BCUT2D eigenvalue weighted by molar-refractivity contribution is 5.94. The molecule has 3 aromatic rings. The lowest BCUT2D eigenvalue weighted by Crippen LogP contribution is -2.40. The molecule has 0 radical (unpaired) electrons. The average Bonchev–Trinajstić information content (AvgIpc) is 3.45. The number of nitrogens with zero attached hydrogens (tertiary/aromatic N) is 3. The van der Waals surface area contributed by atoms with Crippen LogP contribution in [0.15, 0.2) is 47.5 Å². The van der Waals surface area contributed by atoms with Crippen LogP contribution >= 0.6 is 0 Å². The zero-order valence-corrected chi connectivity index (χ0v) is 16.3. The van der Waals surface area contributed by atoms with Gasteiger partial charge in [-0.25, -0.2) is 4.79 Å². The van der Waals surface area contributed by atoms with E-state index in [2.05, 4.69) is 59.3 Å². The highest BCUT2D eigenvalue weighted by Gasteiger charge is 2.29. The molecule has 0 fully saturated rings. The van der Waals surface area contributed by atoms with Crippen LogP contribution in [0.2, 0.25) is 0 Å². The van der Waals surface area contributed by atoms with Gasteiger partial charge in [-0.1, -0.05) is 36.0 Å². The fourth-order valence-corrected chi connectivity index (χ4v) is 4.27. The molecular formula is C23H22N4O2. The quantitative estimate of drug-likeness (QED) is 0.722. The molecule has 2 aliphatic rings. The molecule has 29 heavy (non-hydrogen) atoms. The van der Waals surface area contributed by atoms with Gasteiger partial charge < -0.3 is 9.84 Å². The van der Waals surface area contributed by atoms with Crippen molar-refractivity contribution in [3.8, 4) is 11.4 Å². The van der Waals surface area contributed by atoms with Crippen LogP contribution in [0.5, 0.6) is 0 Å². The summed E-state index contributed by atoms with van der Waals surface area (Å²) in [5, 5.41) is 7.23. The third-order valence-electron chi connectivity index (χ3n) is 5.77. The molecule has 2 amide bonds. The second-order valence-corrected chi connectivity index (χ2v) is 7.65. The molecule has 2 heterocycles. The molecule has 1 N–H and O–H groups in total. The Kier molecular flexibility index (Phi) is 4.19. The standard InChI is InChI=1S/C23H22N4O2/c1-3-21-25-22(26-29-21)17-6-8-18-16(13-17)7-9-19(18)24-23(28)27-11-10-15-5-4-14(2)12-20(15)27/h3-6,8,12-13,19H,1,7,9-11H2,2H3,(H,24,28)/t19-/m1/s1. The number of rotatable bonds is 3. The number of carbonyl (C=O) groups excluding carboxylic acids is 1. The summed E-state index contributed by atoms with van der Waals surface area (Å²) in [6.45, 7) is 6.43. The van der Waals surface area contributed by atoms with Gasteiger partial charge in [0.05, 0.1) is 6.04 Å². The average molecular weight is 386 g/mol. The van der Waals surface area contributed by atoms with Gasteiger partial charge in [-0.05, 0) is 66.6 Å². The molecule has 2 aromatic carbocycles. The molecule has 0 spiro atoms. The van der Waals surface area contributed by atoms with E-state index in [1.807, 2.05) is 11.0 Å². The van der Waals surface area contributed by atoms with Crippen LogP contribution in [0, 0.1) is 6.92 Å². The van der Waals surface area contributed by atoms with Crippen molar-refractivity contribution in [2.24, 2.45) is 0 Å². The van der Waals surface area contributed by atoms with Crippen LogP contribution in [0.4, 0.5) is 10.5 Å². The van der Waals surface area contributed by atoms with E-state index in [4.69, 9.17) is 4.52 Å². The summed E-state index contributed by atoms with van der Waals surface area (Å²) in [6, 6.07) is 12.5. The number of nitrogens with one attached hydrogen (secondary N) is 1. The number of amides is 2. The van der Waals surface area contributed by atoms with Gasteiger partial charge in [-0.2, -0.15) is 4.98 Å². The van der Waals surface area contributed by atoms with Crippen LogP contribution in [-0.2, 0) is 12.8 Å². The van der Waals surface area contributed by atoms with E-state index in [0.29, 0.717) is 11.7 Å². The van der Waals surface area contributed by atoms with Crippen LogP contribution < -0.4 is 10.2 Å². The number of hydrogen-bond acceptors (Lipinski definition) is 4. The second kappa shape index (κ2) is 6.88. The van der Waals surface area contributed by atoms with Gasteiger partial charge >= 0.3 is 6.03 Å². The highest BCUT2D eigenvalue weighted by atomic mass is 16.5. The molecular weight excluding hydrogens is 364 g/mol. The largest absolute Gasteiger partial charge is 0.334 e. The van der Waals surface area contributed by atoms with Gasteiger partial charge in [0.15, 0.2) is 0 Å². The molecule has 6 nitrogen and oxygen atoms in total. The number of hydrogen-bond donors (Lipinski definition) is 1. The van der Waals surface area contributed by atoms with E-state index in [9.17, 15) is 4.79 Å². The Morgan fingerprint density at radius 3 is 2.97 bits per heavy atom. The van der Waals surface area contributed by atoms with Crippen LogP contribution in [0.1, 0.15) is 40.6 Å². The van der Waals surface area contributed by atoms with E-state index < -0.39 is 0 Å². The first kappa shape index (κ1) is 17.7. The first-order chi connectivity index (χ1) is 14.1.